The lowest BCUT2D eigenvalue weighted by molar-refractivity contribution is -0.125. The first-order valence-electron chi connectivity index (χ1n) is 7.34. The fourth-order valence-electron chi connectivity index (χ4n) is 2.87. The first kappa shape index (κ1) is 15.5. The van der Waals surface area contributed by atoms with Crippen molar-refractivity contribution in [2.75, 3.05) is 25.9 Å². The van der Waals surface area contributed by atoms with Crippen LogP contribution in [-0.2, 0) is 14.8 Å². The Labute approximate surface area is 121 Å². The maximum Gasteiger partial charge on any atom is 0.223 e. The average Bonchev–Trinajstić information content (AvgIpc) is 2.45. The molecular weight excluding hydrogens is 276 g/mol. The van der Waals surface area contributed by atoms with Crippen LogP contribution in [0.4, 0.5) is 0 Å². The van der Waals surface area contributed by atoms with Crippen molar-refractivity contribution in [3.05, 3.63) is 12.2 Å². The number of hydrogen-bond acceptors (Lipinski definition) is 3. The first-order chi connectivity index (χ1) is 9.47. The van der Waals surface area contributed by atoms with Gasteiger partial charge in [0.05, 0.1) is 6.26 Å². The molecule has 5 nitrogen and oxygen atoms in total. The highest BCUT2D eigenvalue weighted by atomic mass is 32.2. The van der Waals surface area contributed by atoms with Crippen molar-refractivity contribution in [1.29, 1.82) is 0 Å². The number of nitrogens with one attached hydrogen (secondary N) is 1. The molecular formula is C14H24N2O3S. The molecule has 0 spiro atoms. The fraction of sp³-hybridized carbons (Fsp3) is 0.786. The fourth-order valence-corrected chi connectivity index (χ4v) is 3.74. The minimum Gasteiger partial charge on any atom is -0.356 e. The topological polar surface area (TPSA) is 66.5 Å². The van der Waals surface area contributed by atoms with Gasteiger partial charge in [-0.1, -0.05) is 12.2 Å². The zero-order valence-electron chi connectivity index (χ0n) is 12.0. The summed E-state index contributed by atoms with van der Waals surface area (Å²) in [5, 5.41) is 3.03. The van der Waals surface area contributed by atoms with Crippen LogP contribution in [0.2, 0.25) is 0 Å². The summed E-state index contributed by atoms with van der Waals surface area (Å²) in [5.41, 5.74) is 0. The molecule has 1 fully saturated rings. The second-order valence-electron chi connectivity index (χ2n) is 5.83. The normalized spacial score (nSPS) is 25.6. The Kier molecular flexibility index (Phi) is 5.21. The van der Waals surface area contributed by atoms with E-state index in [9.17, 15) is 13.2 Å². The van der Waals surface area contributed by atoms with Crippen molar-refractivity contribution in [3.63, 3.8) is 0 Å². The molecule has 1 saturated heterocycles. The number of hydrogen-bond donors (Lipinski definition) is 1. The van der Waals surface area contributed by atoms with Crippen LogP contribution >= 0.6 is 0 Å². The van der Waals surface area contributed by atoms with Gasteiger partial charge in [-0.25, -0.2) is 12.7 Å². The number of piperidine rings is 1. The Morgan fingerprint density at radius 1 is 1.25 bits per heavy atom. The van der Waals surface area contributed by atoms with Crippen LogP contribution < -0.4 is 5.32 Å². The van der Waals surface area contributed by atoms with E-state index in [1.54, 1.807) is 0 Å². The lowest BCUT2D eigenvalue weighted by Crippen LogP contribution is -2.42. The first-order valence-corrected chi connectivity index (χ1v) is 9.19. The molecule has 1 aliphatic carbocycles. The van der Waals surface area contributed by atoms with Crippen LogP contribution in [0.15, 0.2) is 12.2 Å². The summed E-state index contributed by atoms with van der Waals surface area (Å²) in [6.45, 7) is 1.83. The molecule has 1 amide bonds. The van der Waals surface area contributed by atoms with E-state index in [1.807, 2.05) is 0 Å². The molecule has 6 heteroatoms. The second kappa shape index (κ2) is 6.72. The third-order valence-electron chi connectivity index (χ3n) is 4.25. The monoisotopic (exact) mass is 300 g/mol. The zero-order chi connectivity index (χ0) is 14.6. The molecule has 0 radical (unpaired) electrons. The molecule has 0 bridgehead atoms. The molecule has 1 N–H and O–H groups in total. The number of carbonyl (C=O) groups is 1. The van der Waals surface area contributed by atoms with Crippen LogP contribution in [0.3, 0.4) is 0 Å². The van der Waals surface area contributed by atoms with Gasteiger partial charge in [-0.05, 0) is 38.0 Å². The van der Waals surface area contributed by atoms with Crippen molar-refractivity contribution >= 4 is 15.9 Å². The van der Waals surface area contributed by atoms with Gasteiger partial charge in [0.15, 0.2) is 0 Å². The van der Waals surface area contributed by atoms with Crippen molar-refractivity contribution in [2.45, 2.75) is 32.1 Å². The quantitative estimate of drug-likeness (QED) is 0.792. The molecule has 0 aromatic carbocycles. The summed E-state index contributed by atoms with van der Waals surface area (Å²) < 4.78 is 24.4. The van der Waals surface area contributed by atoms with Crippen LogP contribution in [0.5, 0.6) is 0 Å². The summed E-state index contributed by atoms with van der Waals surface area (Å²) in [6, 6.07) is 0. The van der Waals surface area contributed by atoms with Crippen LogP contribution in [0, 0.1) is 11.8 Å². The van der Waals surface area contributed by atoms with Crippen molar-refractivity contribution < 1.29 is 13.2 Å². The third-order valence-corrected chi connectivity index (χ3v) is 5.55. The molecule has 1 heterocycles. The van der Waals surface area contributed by atoms with Crippen molar-refractivity contribution in [2.24, 2.45) is 11.8 Å². The maximum atomic E-state index is 12.0. The Balaban J connectivity index is 1.71. The summed E-state index contributed by atoms with van der Waals surface area (Å²) in [6.07, 6.45) is 9.91. The molecule has 2 rings (SSSR count). The number of allylic oxidation sites excluding steroid dienone is 2. The van der Waals surface area contributed by atoms with E-state index in [0.717, 1.165) is 32.1 Å². The largest absolute Gasteiger partial charge is 0.356 e. The number of rotatable bonds is 4. The molecule has 2 aliphatic rings. The Bertz CT molecular complexity index is 465. The minimum atomic E-state index is -3.06. The van der Waals surface area contributed by atoms with Crippen LogP contribution in [-0.4, -0.2) is 44.5 Å². The molecule has 114 valence electrons. The van der Waals surface area contributed by atoms with Gasteiger partial charge in [-0.15, -0.1) is 0 Å². The molecule has 0 saturated carbocycles. The zero-order valence-corrected chi connectivity index (χ0v) is 12.9. The maximum absolute atomic E-state index is 12.0. The number of amides is 1. The van der Waals surface area contributed by atoms with E-state index in [4.69, 9.17) is 0 Å². The standard InChI is InChI=1S/C14H24N2O3S/c1-20(18,19)16-9-7-12(8-10-16)11-15-14(17)13-5-3-2-4-6-13/h2-3,12-13H,4-11H2,1H3,(H,15,17). The number of nitrogens with zero attached hydrogens (tertiary/aromatic N) is 1. The van der Waals surface area contributed by atoms with Crippen molar-refractivity contribution in [3.8, 4) is 0 Å². The summed E-state index contributed by atoms with van der Waals surface area (Å²) in [7, 11) is -3.06. The van der Waals surface area contributed by atoms with Crippen LogP contribution in [0.25, 0.3) is 0 Å². The SMILES string of the molecule is CS(=O)(=O)N1CCC(CNC(=O)C2CC=CCC2)CC1. The van der Waals surface area contributed by atoms with Gasteiger partial charge in [0, 0.05) is 25.6 Å². The molecule has 1 aliphatic heterocycles. The molecule has 0 aromatic heterocycles. The molecule has 1 unspecified atom stereocenters. The molecule has 20 heavy (non-hydrogen) atoms. The van der Waals surface area contributed by atoms with Gasteiger partial charge >= 0.3 is 0 Å². The predicted molar refractivity (Wildman–Crippen MR) is 78.6 cm³/mol. The van der Waals surface area contributed by atoms with E-state index in [0.29, 0.717) is 25.6 Å². The minimum absolute atomic E-state index is 0.121. The van der Waals surface area contributed by atoms with Crippen molar-refractivity contribution in [1.82, 2.24) is 9.62 Å². The summed E-state index contributed by atoms with van der Waals surface area (Å²) in [5.74, 6) is 0.673. The number of carbonyl (C=O) groups excluding carboxylic acids is 1. The summed E-state index contributed by atoms with van der Waals surface area (Å²) in [4.78, 5) is 12.0. The molecule has 1 atom stereocenters. The highest BCUT2D eigenvalue weighted by Crippen LogP contribution is 2.20. The average molecular weight is 300 g/mol. The Morgan fingerprint density at radius 2 is 1.95 bits per heavy atom. The van der Waals surface area contributed by atoms with Gasteiger partial charge in [0.2, 0.25) is 15.9 Å². The van der Waals surface area contributed by atoms with Gasteiger partial charge in [0.25, 0.3) is 0 Å². The van der Waals surface area contributed by atoms with E-state index >= 15 is 0 Å². The number of sulfonamides is 1. The smallest absolute Gasteiger partial charge is 0.223 e. The van der Waals surface area contributed by atoms with E-state index in [-0.39, 0.29) is 11.8 Å². The van der Waals surface area contributed by atoms with E-state index in [2.05, 4.69) is 17.5 Å². The van der Waals surface area contributed by atoms with Gasteiger partial charge in [-0.2, -0.15) is 0 Å². The van der Waals surface area contributed by atoms with Gasteiger partial charge < -0.3 is 5.32 Å². The highest BCUT2D eigenvalue weighted by molar-refractivity contribution is 7.88. The molecule has 0 aromatic rings. The van der Waals surface area contributed by atoms with E-state index < -0.39 is 10.0 Å². The lowest BCUT2D eigenvalue weighted by atomic mass is 9.93. The summed E-state index contributed by atoms with van der Waals surface area (Å²) >= 11 is 0. The predicted octanol–water partition coefficient (Wildman–Crippen LogP) is 1.13. The van der Waals surface area contributed by atoms with Gasteiger partial charge in [-0.3, -0.25) is 4.79 Å². The highest BCUT2D eigenvalue weighted by Gasteiger charge is 2.26. The Morgan fingerprint density at radius 3 is 2.50 bits per heavy atom. The van der Waals surface area contributed by atoms with Crippen LogP contribution in [0.1, 0.15) is 32.1 Å². The third kappa shape index (κ3) is 4.31. The Hall–Kier alpha value is -0.880. The van der Waals surface area contributed by atoms with E-state index in [1.165, 1.54) is 10.6 Å². The van der Waals surface area contributed by atoms with Gasteiger partial charge in [0.1, 0.15) is 0 Å². The lowest BCUT2D eigenvalue weighted by Gasteiger charge is -2.30. The second-order valence-corrected chi connectivity index (χ2v) is 7.81.